The highest BCUT2D eigenvalue weighted by Crippen LogP contribution is 2.01. The molecule has 0 fully saturated rings. The molecule has 0 spiro atoms. The van der Waals surface area contributed by atoms with Crippen molar-refractivity contribution in [3.8, 4) is 0 Å². The molecule has 1 rings (SSSR count). The molecule has 0 aromatic carbocycles. The van der Waals surface area contributed by atoms with Gasteiger partial charge in [0.25, 0.3) is 0 Å². The quantitative estimate of drug-likeness (QED) is 0.572. The van der Waals surface area contributed by atoms with Crippen LogP contribution < -0.4 is 5.32 Å². The van der Waals surface area contributed by atoms with Gasteiger partial charge in [-0.15, -0.1) is 0 Å². The Morgan fingerprint density at radius 2 is 2.26 bits per heavy atom. The summed E-state index contributed by atoms with van der Waals surface area (Å²) in [6.07, 6.45) is 1.41. The second kappa shape index (κ2) is 7.14. The number of aromatic amines is 1. The first-order valence-corrected chi connectivity index (χ1v) is 5.60. The minimum atomic E-state index is -1.19. The summed E-state index contributed by atoms with van der Waals surface area (Å²) >= 11 is 0. The van der Waals surface area contributed by atoms with Gasteiger partial charge in [-0.3, -0.25) is 14.7 Å². The molecule has 1 amide bonds. The van der Waals surface area contributed by atoms with Crippen molar-refractivity contribution in [2.75, 3.05) is 7.11 Å². The number of nitrogens with zero attached hydrogens (tertiary/aromatic N) is 1. The van der Waals surface area contributed by atoms with Gasteiger partial charge in [-0.25, -0.2) is 4.79 Å². The number of ether oxygens (including phenoxy) is 1. The van der Waals surface area contributed by atoms with E-state index in [1.165, 1.54) is 13.3 Å². The molecular weight excluding hydrogens is 254 g/mol. The van der Waals surface area contributed by atoms with Crippen molar-refractivity contribution >= 4 is 17.8 Å². The summed E-state index contributed by atoms with van der Waals surface area (Å²) in [6, 6.07) is 0.499. The van der Waals surface area contributed by atoms with Crippen LogP contribution in [-0.2, 0) is 25.5 Å². The summed E-state index contributed by atoms with van der Waals surface area (Å²) in [5, 5.41) is 17.6. The number of nitrogens with one attached hydrogen (secondary N) is 2. The summed E-state index contributed by atoms with van der Waals surface area (Å²) in [7, 11) is 1.22. The van der Waals surface area contributed by atoms with Crippen molar-refractivity contribution in [3.63, 3.8) is 0 Å². The number of aliphatic carboxylic acids is 1. The minimum absolute atomic E-state index is 0.00199. The zero-order chi connectivity index (χ0) is 14.3. The molecule has 0 bridgehead atoms. The lowest BCUT2D eigenvalue weighted by atomic mass is 10.1. The first-order chi connectivity index (χ1) is 9.02. The van der Waals surface area contributed by atoms with Gasteiger partial charge < -0.3 is 15.2 Å². The van der Waals surface area contributed by atoms with Crippen molar-refractivity contribution in [2.24, 2.45) is 0 Å². The standard InChI is InChI=1S/C11H15N3O5/c1-19-10(16)3-2-8(11(17)18)13-9(15)6-7-4-5-12-14-7/h4-5,8H,2-3,6H2,1H3,(H,12,14)(H,13,15)(H,17,18)/t8-/m1/s1. The van der Waals surface area contributed by atoms with Crippen LogP contribution in [0.15, 0.2) is 12.3 Å². The molecule has 1 aromatic rings. The van der Waals surface area contributed by atoms with Crippen LogP contribution in [0.2, 0.25) is 0 Å². The molecular formula is C11H15N3O5. The monoisotopic (exact) mass is 269 g/mol. The van der Waals surface area contributed by atoms with Crippen LogP contribution in [0, 0.1) is 0 Å². The van der Waals surface area contributed by atoms with Gasteiger partial charge in [-0.1, -0.05) is 0 Å². The Balaban J connectivity index is 2.46. The Morgan fingerprint density at radius 3 is 2.79 bits per heavy atom. The second-order valence-electron chi connectivity index (χ2n) is 3.83. The van der Waals surface area contributed by atoms with E-state index in [1.54, 1.807) is 6.07 Å². The zero-order valence-electron chi connectivity index (χ0n) is 10.4. The molecule has 0 radical (unpaired) electrons. The summed E-state index contributed by atoms with van der Waals surface area (Å²) in [6.45, 7) is 0. The van der Waals surface area contributed by atoms with Crippen molar-refractivity contribution < 1.29 is 24.2 Å². The average Bonchev–Trinajstić information content (AvgIpc) is 2.86. The van der Waals surface area contributed by atoms with Gasteiger partial charge in [-0.2, -0.15) is 5.10 Å². The van der Waals surface area contributed by atoms with Crippen LogP contribution in [0.25, 0.3) is 0 Å². The lowest BCUT2D eigenvalue weighted by Crippen LogP contribution is -2.41. The van der Waals surface area contributed by atoms with Crippen molar-refractivity contribution in [2.45, 2.75) is 25.3 Å². The average molecular weight is 269 g/mol. The Hall–Kier alpha value is -2.38. The van der Waals surface area contributed by atoms with Gasteiger partial charge in [-0.05, 0) is 12.5 Å². The Bertz CT molecular complexity index is 443. The summed E-state index contributed by atoms with van der Waals surface area (Å²) < 4.78 is 4.41. The fraction of sp³-hybridized carbons (Fsp3) is 0.455. The van der Waals surface area contributed by atoms with Crippen LogP contribution in [-0.4, -0.2) is 46.3 Å². The van der Waals surface area contributed by atoms with E-state index >= 15 is 0 Å². The van der Waals surface area contributed by atoms with E-state index < -0.39 is 23.9 Å². The maximum atomic E-state index is 11.6. The SMILES string of the molecule is COC(=O)CC[C@@H](NC(=O)Cc1ccn[nH]1)C(=O)O. The predicted molar refractivity (Wildman–Crippen MR) is 63.1 cm³/mol. The van der Waals surface area contributed by atoms with Crippen molar-refractivity contribution in [1.29, 1.82) is 0 Å². The Morgan fingerprint density at radius 1 is 1.53 bits per heavy atom. The molecule has 8 heteroatoms. The number of rotatable bonds is 7. The second-order valence-corrected chi connectivity index (χ2v) is 3.83. The Kier molecular flexibility index (Phi) is 5.52. The van der Waals surface area contributed by atoms with Crippen LogP contribution >= 0.6 is 0 Å². The van der Waals surface area contributed by atoms with E-state index in [1.807, 2.05) is 0 Å². The molecule has 1 aromatic heterocycles. The number of carboxylic acid groups (broad SMARTS) is 1. The maximum absolute atomic E-state index is 11.6. The first-order valence-electron chi connectivity index (χ1n) is 5.60. The molecule has 3 N–H and O–H groups in total. The number of amides is 1. The van der Waals surface area contributed by atoms with Gasteiger partial charge >= 0.3 is 11.9 Å². The smallest absolute Gasteiger partial charge is 0.326 e. The number of carbonyl (C=O) groups excluding carboxylic acids is 2. The minimum Gasteiger partial charge on any atom is -0.480 e. The van der Waals surface area contributed by atoms with Gasteiger partial charge in [0.1, 0.15) is 6.04 Å². The molecule has 104 valence electrons. The number of carboxylic acids is 1. The van der Waals surface area contributed by atoms with E-state index in [0.29, 0.717) is 5.69 Å². The number of hydrogen-bond acceptors (Lipinski definition) is 5. The number of H-pyrrole nitrogens is 1. The predicted octanol–water partition coefficient (Wildman–Crippen LogP) is -0.525. The summed E-state index contributed by atoms with van der Waals surface area (Å²) in [5.74, 6) is -2.17. The van der Waals surface area contributed by atoms with Crippen LogP contribution in [0.3, 0.4) is 0 Å². The summed E-state index contributed by atoms with van der Waals surface area (Å²) in [5.41, 5.74) is 0.578. The van der Waals surface area contributed by atoms with Crippen LogP contribution in [0.4, 0.5) is 0 Å². The van der Waals surface area contributed by atoms with Gasteiger partial charge in [0.2, 0.25) is 5.91 Å². The van der Waals surface area contributed by atoms with Crippen molar-refractivity contribution in [1.82, 2.24) is 15.5 Å². The molecule has 19 heavy (non-hydrogen) atoms. The van der Waals surface area contributed by atoms with Gasteiger partial charge in [0, 0.05) is 18.3 Å². The van der Waals surface area contributed by atoms with E-state index in [-0.39, 0.29) is 19.3 Å². The highest BCUT2D eigenvalue weighted by atomic mass is 16.5. The number of methoxy groups -OCH3 is 1. The topological polar surface area (TPSA) is 121 Å². The molecule has 0 saturated carbocycles. The van der Waals surface area contributed by atoms with E-state index in [9.17, 15) is 14.4 Å². The molecule has 1 heterocycles. The molecule has 1 atom stereocenters. The number of hydrogen-bond donors (Lipinski definition) is 3. The van der Waals surface area contributed by atoms with Crippen molar-refractivity contribution in [3.05, 3.63) is 18.0 Å². The third kappa shape index (κ3) is 5.19. The largest absolute Gasteiger partial charge is 0.480 e. The lowest BCUT2D eigenvalue weighted by molar-refractivity contribution is -0.144. The fourth-order valence-electron chi connectivity index (χ4n) is 1.42. The molecule has 0 aliphatic rings. The highest BCUT2D eigenvalue weighted by molar-refractivity contribution is 5.85. The maximum Gasteiger partial charge on any atom is 0.326 e. The third-order valence-corrected chi connectivity index (χ3v) is 2.41. The molecule has 8 nitrogen and oxygen atoms in total. The first kappa shape index (κ1) is 14.7. The number of aromatic nitrogens is 2. The Labute approximate surface area is 109 Å². The summed E-state index contributed by atoms with van der Waals surface area (Å²) in [4.78, 5) is 33.5. The normalized spacial score (nSPS) is 11.6. The zero-order valence-corrected chi connectivity index (χ0v) is 10.4. The van der Waals surface area contributed by atoms with Gasteiger partial charge in [0.05, 0.1) is 13.5 Å². The third-order valence-electron chi connectivity index (χ3n) is 2.41. The fourth-order valence-corrected chi connectivity index (χ4v) is 1.42. The number of esters is 1. The highest BCUT2D eigenvalue weighted by Gasteiger charge is 2.21. The van der Waals surface area contributed by atoms with Crippen LogP contribution in [0.1, 0.15) is 18.5 Å². The number of carbonyl (C=O) groups is 3. The van der Waals surface area contributed by atoms with E-state index in [4.69, 9.17) is 5.11 Å². The van der Waals surface area contributed by atoms with E-state index in [2.05, 4.69) is 20.3 Å². The molecule has 0 saturated heterocycles. The lowest BCUT2D eigenvalue weighted by Gasteiger charge is -2.13. The molecule has 0 aliphatic heterocycles. The van der Waals surface area contributed by atoms with Gasteiger partial charge in [0.15, 0.2) is 0 Å². The van der Waals surface area contributed by atoms with E-state index in [0.717, 1.165) is 0 Å². The van der Waals surface area contributed by atoms with Crippen LogP contribution in [0.5, 0.6) is 0 Å². The molecule has 0 unspecified atom stereocenters. The molecule has 0 aliphatic carbocycles.